The van der Waals surface area contributed by atoms with Gasteiger partial charge in [0.15, 0.2) is 0 Å². The number of hydrogen-bond acceptors (Lipinski definition) is 3. The zero-order chi connectivity index (χ0) is 35.5. The largest absolute Gasteiger partial charge is 0.469 e. The molecule has 1 aliphatic carbocycles. The van der Waals surface area contributed by atoms with E-state index in [1.807, 2.05) is 11.8 Å². The molecule has 0 aliphatic heterocycles. The minimum Gasteiger partial charge on any atom is -0.303 e. The van der Waals surface area contributed by atoms with Gasteiger partial charge in [-0.1, -0.05) is 127 Å². The Morgan fingerprint density at radius 3 is 1.68 bits per heavy atom. The number of alkyl halides is 4. The van der Waals surface area contributed by atoms with Gasteiger partial charge in [-0.15, -0.1) is 0 Å². The van der Waals surface area contributed by atoms with Crippen LogP contribution in [-0.4, -0.2) is 29.7 Å². The molecule has 0 amide bonds. The van der Waals surface area contributed by atoms with Crippen LogP contribution in [0.4, 0.5) is 17.6 Å². The maximum atomic E-state index is 11.1. The molecule has 0 saturated carbocycles. The fraction of sp³-hybridized carbons (Fsp3) is 0.100. The van der Waals surface area contributed by atoms with Crippen LogP contribution in [0.5, 0.6) is 0 Å². The van der Waals surface area contributed by atoms with E-state index in [0.29, 0.717) is 0 Å². The van der Waals surface area contributed by atoms with Crippen LogP contribution in [0, 0.1) is 0 Å². The molecule has 0 radical (unpaired) electrons. The smallest absolute Gasteiger partial charge is 0.303 e. The minimum absolute atomic E-state index is 0.551. The van der Waals surface area contributed by atoms with Crippen molar-refractivity contribution in [1.29, 1.82) is 0 Å². The third-order valence-electron chi connectivity index (χ3n) is 7.72. The number of fused-ring (bicyclic) bond motifs is 3. The molecule has 0 aromatic heterocycles. The van der Waals surface area contributed by atoms with E-state index in [9.17, 15) is 22.1 Å². The molecule has 6 aromatic rings. The molecule has 0 heterocycles. The molecule has 2 N–H and O–H groups in total. The molecule has 0 fully saturated rings. The molecule has 4 nitrogen and oxygen atoms in total. The number of rotatable bonds is 8. The summed E-state index contributed by atoms with van der Waals surface area (Å²) < 4.78 is 53.4. The van der Waals surface area contributed by atoms with Gasteiger partial charge in [-0.05, 0) is 92.4 Å². The Morgan fingerprint density at radius 1 is 0.620 bits per heavy atom. The zero-order valence-electron chi connectivity index (χ0n) is 26.6. The first-order chi connectivity index (χ1) is 24.1. The van der Waals surface area contributed by atoms with Crippen molar-refractivity contribution in [3.8, 4) is 44.5 Å². The average molecular weight is 717 g/mol. The van der Waals surface area contributed by atoms with Gasteiger partial charge in [-0.25, -0.2) is 8.96 Å². The SMILES string of the molecule is FC(F)F.O=P(O)(O)OCCF.c1ccc(Sc2ccc(-c3c4c(cc(-c5ccccc5)c3-c3ccccc3)-c3ccccc3C4)cc2)cc1. The van der Waals surface area contributed by atoms with Crippen LogP contribution < -0.4 is 0 Å². The summed E-state index contributed by atoms with van der Waals surface area (Å²) in [6.45, 7) is -5.10. The second-order valence-corrected chi connectivity index (χ2v) is 13.4. The summed E-state index contributed by atoms with van der Waals surface area (Å²) in [5.41, 5.74) is 13.3. The fourth-order valence-electron chi connectivity index (χ4n) is 5.81. The van der Waals surface area contributed by atoms with E-state index in [0.717, 1.165) is 6.42 Å². The van der Waals surface area contributed by atoms with Gasteiger partial charge in [-0.2, -0.15) is 13.2 Å². The third kappa shape index (κ3) is 9.81. The zero-order valence-corrected chi connectivity index (χ0v) is 28.3. The van der Waals surface area contributed by atoms with Crippen molar-refractivity contribution in [2.24, 2.45) is 0 Å². The Labute approximate surface area is 292 Å². The van der Waals surface area contributed by atoms with Crippen LogP contribution in [0.25, 0.3) is 44.5 Å². The molecule has 256 valence electrons. The number of phosphoric ester groups is 1. The molecule has 1 aliphatic rings. The molecule has 7 rings (SSSR count). The molecule has 6 aromatic carbocycles. The number of halogens is 4. The molecule has 0 bridgehead atoms. The van der Waals surface area contributed by atoms with Crippen molar-refractivity contribution in [3.63, 3.8) is 0 Å². The van der Waals surface area contributed by atoms with Crippen molar-refractivity contribution in [1.82, 2.24) is 0 Å². The van der Waals surface area contributed by atoms with Gasteiger partial charge in [0.05, 0.1) is 6.61 Å². The normalized spacial score (nSPS) is 11.5. The Hall–Kier alpha value is -4.50. The van der Waals surface area contributed by atoms with Gasteiger partial charge in [-0.3, -0.25) is 4.52 Å². The first-order valence-corrected chi connectivity index (χ1v) is 17.9. The lowest BCUT2D eigenvalue weighted by Crippen LogP contribution is -1.97. The van der Waals surface area contributed by atoms with Crippen LogP contribution in [0.3, 0.4) is 0 Å². The predicted octanol–water partition coefficient (Wildman–Crippen LogP) is 11.7. The van der Waals surface area contributed by atoms with Gasteiger partial charge in [0.2, 0.25) is 0 Å². The minimum atomic E-state index is -4.42. The van der Waals surface area contributed by atoms with E-state index in [1.54, 1.807) is 0 Å². The van der Waals surface area contributed by atoms with Crippen molar-refractivity contribution in [3.05, 3.63) is 157 Å². The van der Waals surface area contributed by atoms with Crippen LogP contribution in [0.2, 0.25) is 0 Å². The van der Waals surface area contributed by atoms with Crippen LogP contribution in [-0.2, 0) is 15.5 Å². The van der Waals surface area contributed by atoms with E-state index >= 15 is 0 Å². The highest BCUT2D eigenvalue weighted by Crippen LogP contribution is 2.50. The molecular formula is C40H33F4O4PS. The highest BCUT2D eigenvalue weighted by atomic mass is 32.2. The summed E-state index contributed by atoms with van der Waals surface area (Å²) in [5, 5.41) is 0. The quantitative estimate of drug-likeness (QED) is 0.121. The van der Waals surface area contributed by atoms with E-state index in [1.165, 1.54) is 65.4 Å². The summed E-state index contributed by atoms with van der Waals surface area (Å²) in [7, 11) is -4.42. The first-order valence-electron chi connectivity index (χ1n) is 15.5. The average Bonchev–Trinajstić information content (AvgIpc) is 3.50. The van der Waals surface area contributed by atoms with Crippen LogP contribution in [0.15, 0.2) is 155 Å². The van der Waals surface area contributed by atoms with Crippen LogP contribution >= 0.6 is 19.6 Å². The maximum Gasteiger partial charge on any atom is 0.469 e. The Balaban J connectivity index is 0.000000351. The van der Waals surface area contributed by atoms with Gasteiger partial charge in [0.1, 0.15) is 6.67 Å². The third-order valence-corrected chi connectivity index (χ3v) is 9.25. The second-order valence-electron chi connectivity index (χ2n) is 11.0. The first kappa shape index (κ1) is 36.8. The van der Waals surface area contributed by atoms with E-state index in [-0.39, 0.29) is 0 Å². The number of benzene rings is 6. The second kappa shape index (κ2) is 17.4. The monoisotopic (exact) mass is 716 g/mol. The molecule has 10 heteroatoms. The lowest BCUT2D eigenvalue weighted by atomic mass is 9.82. The molecule has 0 saturated heterocycles. The van der Waals surface area contributed by atoms with E-state index < -0.39 is 27.8 Å². The highest BCUT2D eigenvalue weighted by molar-refractivity contribution is 7.99. The maximum absolute atomic E-state index is 11.1. The topological polar surface area (TPSA) is 66.8 Å². The molecular weight excluding hydrogens is 683 g/mol. The van der Waals surface area contributed by atoms with Gasteiger partial charge in [0.25, 0.3) is 0 Å². The summed E-state index contributed by atoms with van der Waals surface area (Å²) in [6.07, 6.45) is 0.955. The van der Waals surface area contributed by atoms with E-state index in [4.69, 9.17) is 9.79 Å². The summed E-state index contributed by atoms with van der Waals surface area (Å²) in [6, 6.07) is 52.8. The van der Waals surface area contributed by atoms with Crippen molar-refractivity contribution >= 4 is 19.6 Å². The fourth-order valence-corrected chi connectivity index (χ4v) is 6.96. The lowest BCUT2D eigenvalue weighted by Gasteiger charge is -2.21. The van der Waals surface area contributed by atoms with E-state index in [2.05, 4.69) is 150 Å². The molecule has 0 spiro atoms. The number of hydrogen-bond donors (Lipinski definition) is 2. The molecule has 50 heavy (non-hydrogen) atoms. The van der Waals surface area contributed by atoms with Crippen molar-refractivity contribution in [2.45, 2.75) is 22.9 Å². The Bertz CT molecular complexity index is 2020. The van der Waals surface area contributed by atoms with Gasteiger partial charge in [0, 0.05) is 9.79 Å². The molecule has 0 atom stereocenters. The molecule has 0 unspecified atom stereocenters. The summed E-state index contributed by atoms with van der Waals surface area (Å²) in [5.74, 6) is 0. The van der Waals surface area contributed by atoms with Crippen molar-refractivity contribution in [2.75, 3.05) is 13.3 Å². The Morgan fingerprint density at radius 2 is 1.12 bits per heavy atom. The number of phosphoric acid groups is 1. The summed E-state index contributed by atoms with van der Waals surface area (Å²) >= 11 is 1.81. The van der Waals surface area contributed by atoms with Crippen molar-refractivity contribution < 1.29 is 36.4 Å². The standard InChI is InChI=1S/C37H26S.C2H6FO4P.CHF3/c1-4-12-26(13-5-1)33-25-34-32-19-11-10-16-29(32)24-35(34)37(36(33)27-14-6-2-7-15-27)28-20-22-31(23-21-28)38-30-17-8-3-9-18-30;3-1-2-7-8(4,5)6;2-1(3)4/h1-23,25H,24H2;1-2H2,(H2,4,5,6);1H. The van der Waals surface area contributed by atoms with Gasteiger partial charge < -0.3 is 9.79 Å². The van der Waals surface area contributed by atoms with Crippen LogP contribution in [0.1, 0.15) is 11.1 Å². The predicted molar refractivity (Wildman–Crippen MR) is 193 cm³/mol. The Kier molecular flexibility index (Phi) is 12.8. The van der Waals surface area contributed by atoms with Gasteiger partial charge >= 0.3 is 14.5 Å². The lowest BCUT2D eigenvalue weighted by molar-refractivity contribution is 0.00818. The summed E-state index contributed by atoms with van der Waals surface area (Å²) in [4.78, 5) is 18.2. The highest BCUT2D eigenvalue weighted by Gasteiger charge is 2.27.